The summed E-state index contributed by atoms with van der Waals surface area (Å²) in [4.78, 5) is 2.43. The second-order valence-corrected chi connectivity index (χ2v) is 15.7. The van der Waals surface area contributed by atoms with Crippen LogP contribution in [-0.4, -0.2) is 0 Å². The Morgan fingerprint density at radius 3 is 1.72 bits per heavy atom. The van der Waals surface area contributed by atoms with Crippen molar-refractivity contribution in [3.8, 4) is 22.3 Å². The van der Waals surface area contributed by atoms with E-state index in [2.05, 4.69) is 193 Å². The number of nitrogens with zero attached hydrogens (tertiary/aromatic N) is 1. The van der Waals surface area contributed by atoms with Crippen LogP contribution in [0.4, 0.5) is 17.1 Å². The van der Waals surface area contributed by atoms with E-state index in [1.807, 2.05) is 22.7 Å². The summed E-state index contributed by atoms with van der Waals surface area (Å²) >= 11 is 3.83. The Balaban J connectivity index is 1.11. The van der Waals surface area contributed by atoms with E-state index in [4.69, 9.17) is 0 Å². The number of fused-ring (bicyclic) bond motifs is 9. The van der Waals surface area contributed by atoms with Gasteiger partial charge in [0.1, 0.15) is 0 Å². The van der Waals surface area contributed by atoms with Crippen molar-refractivity contribution in [3.05, 3.63) is 188 Å². The van der Waals surface area contributed by atoms with Crippen molar-refractivity contribution < 1.29 is 0 Å². The topological polar surface area (TPSA) is 3.24 Å². The van der Waals surface area contributed by atoms with Crippen molar-refractivity contribution in [1.29, 1.82) is 0 Å². The van der Waals surface area contributed by atoms with Crippen LogP contribution in [0.25, 0.3) is 84.1 Å². The molecule has 11 rings (SSSR count). The first-order chi connectivity index (χ1) is 26.3. The molecular weight excluding hydrogens is 679 g/mol. The Kier molecular flexibility index (Phi) is 6.97. The Bertz CT molecular complexity index is 3170. The first-order valence-electron chi connectivity index (χ1n) is 18.0. The molecule has 0 saturated heterocycles. The number of hydrogen-bond acceptors (Lipinski definition) is 3. The fourth-order valence-corrected chi connectivity index (χ4v) is 10.8. The van der Waals surface area contributed by atoms with Crippen LogP contribution in [0.1, 0.15) is 0 Å². The van der Waals surface area contributed by atoms with Gasteiger partial charge >= 0.3 is 0 Å². The Hall–Kier alpha value is -6.26. The van der Waals surface area contributed by atoms with E-state index in [1.54, 1.807) is 0 Å². The largest absolute Gasteiger partial charge is 0.310 e. The molecule has 0 bridgehead atoms. The van der Waals surface area contributed by atoms with Crippen LogP contribution in [-0.2, 0) is 0 Å². The molecule has 3 heteroatoms. The summed E-state index contributed by atoms with van der Waals surface area (Å²) < 4.78 is 5.32. The highest BCUT2D eigenvalue weighted by Crippen LogP contribution is 2.48. The average Bonchev–Trinajstić information content (AvgIpc) is 3.80. The number of anilines is 3. The quantitative estimate of drug-likeness (QED) is 0.172. The van der Waals surface area contributed by atoms with Crippen LogP contribution in [0, 0.1) is 0 Å². The minimum Gasteiger partial charge on any atom is -0.310 e. The van der Waals surface area contributed by atoms with Gasteiger partial charge in [-0.15, -0.1) is 22.7 Å². The highest BCUT2D eigenvalue weighted by molar-refractivity contribution is 7.27. The van der Waals surface area contributed by atoms with Gasteiger partial charge in [0.2, 0.25) is 0 Å². The molecule has 11 aromatic rings. The van der Waals surface area contributed by atoms with Crippen molar-refractivity contribution in [2.24, 2.45) is 0 Å². The van der Waals surface area contributed by atoms with Gasteiger partial charge in [-0.3, -0.25) is 0 Å². The Morgan fingerprint density at radius 2 is 0.943 bits per heavy atom. The molecule has 9 aromatic carbocycles. The van der Waals surface area contributed by atoms with Crippen LogP contribution in [0.2, 0.25) is 0 Å². The fraction of sp³-hybridized carbons (Fsp3) is 0. The molecule has 0 radical (unpaired) electrons. The maximum atomic E-state index is 2.43. The van der Waals surface area contributed by atoms with E-state index >= 15 is 0 Å². The summed E-state index contributed by atoms with van der Waals surface area (Å²) in [5.41, 5.74) is 8.58. The lowest BCUT2D eigenvalue weighted by Gasteiger charge is -2.27. The zero-order valence-electron chi connectivity index (χ0n) is 28.7. The summed E-state index contributed by atoms with van der Waals surface area (Å²) in [5.74, 6) is 0. The zero-order chi connectivity index (χ0) is 34.9. The SMILES string of the molecule is c1ccc(-c2cccc3c2sc2c(-c4ccc5c(c4)sc4c6ccccc6c(N(c6ccccc6)c6ccc7ccccc7c6)cc54)cccc23)cc1. The molecule has 0 aliphatic rings. The zero-order valence-corrected chi connectivity index (χ0v) is 30.3. The standard InChI is InChI=1S/C50H31NS2/c1-3-14-33(15-4-1)38-21-11-23-43-44-24-12-22-39(49(44)53-48(38)43)35-26-28-41-45-31-46(40-19-9-10-20-42(40)50(45)52-47(41)30-35)51(36-17-5-2-6-18-36)37-27-25-32-13-7-8-16-34(32)29-37/h1-31H. The summed E-state index contributed by atoms with van der Waals surface area (Å²) in [6.07, 6.45) is 0. The van der Waals surface area contributed by atoms with E-state index in [0.29, 0.717) is 0 Å². The summed E-state index contributed by atoms with van der Waals surface area (Å²) in [6, 6.07) is 69.0. The molecule has 0 aliphatic heterocycles. The van der Waals surface area contributed by atoms with Crippen molar-refractivity contribution >= 4 is 102 Å². The van der Waals surface area contributed by atoms with Gasteiger partial charge in [-0.1, -0.05) is 152 Å². The van der Waals surface area contributed by atoms with E-state index in [-0.39, 0.29) is 0 Å². The monoisotopic (exact) mass is 709 g/mol. The number of benzene rings is 9. The molecule has 53 heavy (non-hydrogen) atoms. The molecule has 1 nitrogen and oxygen atoms in total. The van der Waals surface area contributed by atoms with Gasteiger partial charge in [0, 0.05) is 62.5 Å². The van der Waals surface area contributed by atoms with Crippen molar-refractivity contribution in [3.63, 3.8) is 0 Å². The Labute approximate surface area is 315 Å². The third-order valence-electron chi connectivity index (χ3n) is 10.6. The molecule has 0 unspecified atom stereocenters. The third-order valence-corrected chi connectivity index (χ3v) is 13.1. The van der Waals surface area contributed by atoms with Gasteiger partial charge in [-0.25, -0.2) is 0 Å². The fourth-order valence-electron chi connectivity index (χ4n) is 8.14. The normalized spacial score (nSPS) is 11.8. The number of thiophene rings is 2. The molecule has 0 aliphatic carbocycles. The van der Waals surface area contributed by atoms with E-state index in [9.17, 15) is 0 Å². The molecule has 248 valence electrons. The molecule has 2 aromatic heterocycles. The van der Waals surface area contributed by atoms with E-state index in [0.717, 1.165) is 11.4 Å². The maximum Gasteiger partial charge on any atom is 0.0547 e. The maximum absolute atomic E-state index is 2.43. The second-order valence-electron chi connectivity index (χ2n) is 13.7. The molecule has 0 fully saturated rings. The molecule has 0 amide bonds. The molecule has 0 spiro atoms. The lowest BCUT2D eigenvalue weighted by molar-refractivity contribution is 1.31. The van der Waals surface area contributed by atoms with Crippen LogP contribution >= 0.6 is 22.7 Å². The van der Waals surface area contributed by atoms with Crippen LogP contribution in [0.5, 0.6) is 0 Å². The van der Waals surface area contributed by atoms with Crippen LogP contribution in [0.3, 0.4) is 0 Å². The van der Waals surface area contributed by atoms with Gasteiger partial charge in [-0.2, -0.15) is 0 Å². The first-order valence-corrected chi connectivity index (χ1v) is 19.6. The molecular formula is C50H31NS2. The number of rotatable bonds is 5. The smallest absolute Gasteiger partial charge is 0.0547 e. The molecule has 0 saturated carbocycles. The van der Waals surface area contributed by atoms with Gasteiger partial charge < -0.3 is 4.90 Å². The molecule has 2 heterocycles. The summed E-state index contributed by atoms with van der Waals surface area (Å²) in [6.45, 7) is 0. The minimum absolute atomic E-state index is 1.14. The summed E-state index contributed by atoms with van der Waals surface area (Å²) in [7, 11) is 0. The lowest BCUT2D eigenvalue weighted by Crippen LogP contribution is -2.10. The summed E-state index contributed by atoms with van der Waals surface area (Å²) in [5, 5.41) is 10.2. The highest BCUT2D eigenvalue weighted by Gasteiger charge is 2.20. The van der Waals surface area contributed by atoms with Gasteiger partial charge in [0.05, 0.1) is 5.69 Å². The van der Waals surface area contributed by atoms with Crippen molar-refractivity contribution in [1.82, 2.24) is 0 Å². The van der Waals surface area contributed by atoms with Crippen LogP contribution in [0.15, 0.2) is 188 Å². The van der Waals surface area contributed by atoms with Gasteiger partial charge in [0.15, 0.2) is 0 Å². The van der Waals surface area contributed by atoms with Crippen molar-refractivity contribution in [2.45, 2.75) is 0 Å². The lowest BCUT2D eigenvalue weighted by atomic mass is 9.99. The minimum atomic E-state index is 1.14. The van der Waals surface area contributed by atoms with Gasteiger partial charge in [0.25, 0.3) is 0 Å². The van der Waals surface area contributed by atoms with E-state index < -0.39 is 0 Å². The van der Waals surface area contributed by atoms with Gasteiger partial charge in [-0.05, 0) is 69.4 Å². The highest BCUT2D eigenvalue weighted by atomic mass is 32.1. The van der Waals surface area contributed by atoms with Crippen LogP contribution < -0.4 is 4.90 Å². The molecule has 0 N–H and O–H groups in total. The first kappa shape index (κ1) is 30.4. The second kappa shape index (κ2) is 12.2. The predicted molar refractivity (Wildman–Crippen MR) is 233 cm³/mol. The van der Waals surface area contributed by atoms with E-state index in [1.165, 1.54) is 89.8 Å². The predicted octanol–water partition coefficient (Wildman–Crippen LogP) is 15.5. The third kappa shape index (κ3) is 4.89. The Morgan fingerprint density at radius 1 is 0.321 bits per heavy atom. The molecule has 0 atom stereocenters. The number of hydrogen-bond donors (Lipinski definition) is 0. The number of para-hydroxylation sites is 1. The average molecular weight is 710 g/mol. The van der Waals surface area contributed by atoms with Crippen molar-refractivity contribution in [2.75, 3.05) is 4.90 Å².